The van der Waals surface area contributed by atoms with Crippen LogP contribution in [0.2, 0.25) is 0 Å². The van der Waals surface area contributed by atoms with E-state index in [0.717, 1.165) is 0 Å². The average molecular weight is 242 g/mol. The van der Waals surface area contributed by atoms with Gasteiger partial charge in [0.15, 0.2) is 0 Å². The second kappa shape index (κ2) is 5.79. The van der Waals surface area contributed by atoms with E-state index in [2.05, 4.69) is 9.97 Å². The smallest absolute Gasteiger partial charge is 0.241 e. The summed E-state index contributed by atoms with van der Waals surface area (Å²) in [6, 6.07) is 0. The Morgan fingerprint density at radius 2 is 2.00 bits per heavy atom. The highest BCUT2D eigenvalue weighted by molar-refractivity contribution is 5.27. The van der Waals surface area contributed by atoms with E-state index in [9.17, 15) is 5.11 Å². The normalized spacial score (nSPS) is 14.2. The van der Waals surface area contributed by atoms with Gasteiger partial charge in [-0.1, -0.05) is 0 Å². The highest BCUT2D eigenvalue weighted by Gasteiger charge is 2.29. The van der Waals surface area contributed by atoms with Gasteiger partial charge in [0, 0.05) is 20.1 Å². The molecule has 0 saturated heterocycles. The Kier molecular flexibility index (Phi) is 4.65. The topological polar surface area (TPSA) is 73.7 Å². The molecule has 1 aromatic rings. The quantitative estimate of drug-likeness (QED) is 0.793. The van der Waals surface area contributed by atoms with Gasteiger partial charge < -0.3 is 19.3 Å². The minimum Gasteiger partial charge on any atom is -0.480 e. The standard InChI is InChI=1S/C11H18N2O4/c1-11(14,5-6-15-2)9-10(17-4)13-8(16-3)7-12-9/h7,14H,5-6H2,1-4H3. The lowest BCUT2D eigenvalue weighted by molar-refractivity contribution is 0.0146. The lowest BCUT2D eigenvalue weighted by Crippen LogP contribution is -2.25. The maximum absolute atomic E-state index is 10.3. The Hall–Kier alpha value is -1.40. The molecule has 1 atom stereocenters. The average Bonchev–Trinajstić information content (AvgIpc) is 2.35. The third kappa shape index (κ3) is 3.28. The van der Waals surface area contributed by atoms with E-state index in [4.69, 9.17) is 14.2 Å². The van der Waals surface area contributed by atoms with Gasteiger partial charge in [-0.25, -0.2) is 4.98 Å². The minimum atomic E-state index is -1.15. The first-order valence-electron chi connectivity index (χ1n) is 5.22. The molecule has 0 radical (unpaired) electrons. The fourth-order valence-electron chi connectivity index (χ4n) is 1.39. The highest BCUT2D eigenvalue weighted by Crippen LogP contribution is 2.30. The highest BCUT2D eigenvalue weighted by atomic mass is 16.5. The third-order valence-electron chi connectivity index (χ3n) is 2.42. The van der Waals surface area contributed by atoms with E-state index in [1.54, 1.807) is 14.0 Å². The van der Waals surface area contributed by atoms with Crippen molar-refractivity contribution in [3.05, 3.63) is 11.9 Å². The van der Waals surface area contributed by atoms with E-state index in [0.29, 0.717) is 24.6 Å². The molecule has 1 rings (SSSR count). The van der Waals surface area contributed by atoms with Gasteiger partial charge in [0.2, 0.25) is 11.8 Å². The molecule has 6 nitrogen and oxygen atoms in total. The lowest BCUT2D eigenvalue weighted by atomic mass is 9.98. The van der Waals surface area contributed by atoms with Crippen LogP contribution in [0.25, 0.3) is 0 Å². The van der Waals surface area contributed by atoms with Crippen LogP contribution in [0.5, 0.6) is 11.8 Å². The number of hydrogen-bond acceptors (Lipinski definition) is 6. The van der Waals surface area contributed by atoms with Gasteiger partial charge >= 0.3 is 0 Å². The second-order valence-electron chi connectivity index (χ2n) is 3.79. The predicted molar refractivity (Wildman–Crippen MR) is 61.2 cm³/mol. The van der Waals surface area contributed by atoms with Crippen LogP contribution in [0.3, 0.4) is 0 Å². The zero-order chi connectivity index (χ0) is 12.9. The van der Waals surface area contributed by atoms with Crippen LogP contribution in [-0.2, 0) is 10.3 Å². The van der Waals surface area contributed by atoms with Crippen molar-refractivity contribution in [1.29, 1.82) is 0 Å². The van der Waals surface area contributed by atoms with Crippen molar-refractivity contribution in [3.8, 4) is 11.8 Å². The molecular formula is C11H18N2O4. The van der Waals surface area contributed by atoms with Crippen LogP contribution >= 0.6 is 0 Å². The fraction of sp³-hybridized carbons (Fsp3) is 0.636. The monoisotopic (exact) mass is 242 g/mol. The van der Waals surface area contributed by atoms with Crippen molar-refractivity contribution in [2.75, 3.05) is 27.9 Å². The van der Waals surface area contributed by atoms with Crippen molar-refractivity contribution in [1.82, 2.24) is 9.97 Å². The molecule has 0 aliphatic rings. The Balaban J connectivity index is 3.03. The van der Waals surface area contributed by atoms with Gasteiger partial charge in [0.25, 0.3) is 0 Å². The maximum atomic E-state index is 10.3. The van der Waals surface area contributed by atoms with Gasteiger partial charge in [0.05, 0.1) is 20.4 Å². The Morgan fingerprint density at radius 3 is 2.53 bits per heavy atom. The van der Waals surface area contributed by atoms with Crippen molar-refractivity contribution < 1.29 is 19.3 Å². The molecule has 0 fully saturated rings. The molecule has 1 heterocycles. The summed E-state index contributed by atoms with van der Waals surface area (Å²) in [7, 11) is 4.54. The van der Waals surface area contributed by atoms with Crippen molar-refractivity contribution in [2.24, 2.45) is 0 Å². The minimum absolute atomic E-state index is 0.255. The van der Waals surface area contributed by atoms with E-state index >= 15 is 0 Å². The molecule has 1 N–H and O–H groups in total. The summed E-state index contributed by atoms with van der Waals surface area (Å²) in [6.45, 7) is 2.06. The summed E-state index contributed by atoms with van der Waals surface area (Å²) in [6.07, 6.45) is 1.85. The van der Waals surface area contributed by atoms with Gasteiger partial charge in [-0.3, -0.25) is 0 Å². The number of nitrogens with zero attached hydrogens (tertiary/aromatic N) is 2. The van der Waals surface area contributed by atoms with E-state index in [1.165, 1.54) is 20.4 Å². The number of ether oxygens (including phenoxy) is 3. The molecule has 1 aromatic heterocycles. The molecule has 0 aliphatic carbocycles. The van der Waals surface area contributed by atoms with Crippen LogP contribution in [0, 0.1) is 0 Å². The number of aromatic nitrogens is 2. The second-order valence-corrected chi connectivity index (χ2v) is 3.79. The van der Waals surface area contributed by atoms with Crippen molar-refractivity contribution >= 4 is 0 Å². The maximum Gasteiger partial charge on any atom is 0.241 e. The van der Waals surface area contributed by atoms with Crippen molar-refractivity contribution in [2.45, 2.75) is 18.9 Å². The molecule has 6 heteroatoms. The summed E-state index contributed by atoms with van der Waals surface area (Å²) in [5, 5.41) is 10.3. The predicted octanol–water partition coefficient (Wildman–Crippen LogP) is 0.738. The summed E-state index contributed by atoms with van der Waals surface area (Å²) < 4.78 is 15.0. The number of methoxy groups -OCH3 is 3. The van der Waals surface area contributed by atoms with E-state index < -0.39 is 5.60 Å². The first-order chi connectivity index (χ1) is 8.05. The molecule has 0 amide bonds. The van der Waals surface area contributed by atoms with Gasteiger partial charge in [0.1, 0.15) is 11.3 Å². The van der Waals surface area contributed by atoms with E-state index in [1.807, 2.05) is 0 Å². The van der Waals surface area contributed by atoms with Crippen LogP contribution < -0.4 is 9.47 Å². The first-order valence-corrected chi connectivity index (χ1v) is 5.22. The molecule has 0 bridgehead atoms. The Bertz CT molecular complexity index is 368. The molecule has 0 aromatic carbocycles. The first kappa shape index (κ1) is 13.7. The Morgan fingerprint density at radius 1 is 1.29 bits per heavy atom. The number of aliphatic hydroxyl groups is 1. The zero-order valence-electron chi connectivity index (χ0n) is 10.6. The molecule has 0 saturated carbocycles. The molecular weight excluding hydrogens is 224 g/mol. The van der Waals surface area contributed by atoms with E-state index in [-0.39, 0.29) is 5.88 Å². The van der Waals surface area contributed by atoms with Crippen LogP contribution in [0.1, 0.15) is 19.0 Å². The molecule has 1 unspecified atom stereocenters. The number of rotatable bonds is 6. The Labute approximate surface area is 101 Å². The van der Waals surface area contributed by atoms with Gasteiger partial charge in [-0.15, -0.1) is 0 Å². The molecule has 0 spiro atoms. The largest absolute Gasteiger partial charge is 0.480 e. The molecule has 96 valence electrons. The summed E-state index contributed by atoms with van der Waals surface area (Å²) in [5.41, 5.74) is -0.779. The van der Waals surface area contributed by atoms with Crippen LogP contribution in [0.15, 0.2) is 6.20 Å². The summed E-state index contributed by atoms with van der Waals surface area (Å²) in [4.78, 5) is 8.20. The van der Waals surface area contributed by atoms with Crippen LogP contribution in [-0.4, -0.2) is 43.0 Å². The summed E-state index contributed by atoms with van der Waals surface area (Å²) in [5.74, 6) is 0.596. The number of hydrogen-bond donors (Lipinski definition) is 1. The molecule has 17 heavy (non-hydrogen) atoms. The lowest BCUT2D eigenvalue weighted by Gasteiger charge is -2.23. The molecule has 0 aliphatic heterocycles. The fourth-order valence-corrected chi connectivity index (χ4v) is 1.39. The third-order valence-corrected chi connectivity index (χ3v) is 2.42. The van der Waals surface area contributed by atoms with Crippen LogP contribution in [0.4, 0.5) is 0 Å². The SMILES string of the molecule is COCCC(C)(O)c1ncc(OC)nc1OC. The van der Waals surface area contributed by atoms with Crippen molar-refractivity contribution in [3.63, 3.8) is 0 Å². The summed E-state index contributed by atoms with van der Waals surface area (Å²) >= 11 is 0. The van der Waals surface area contributed by atoms with Gasteiger partial charge in [-0.05, 0) is 6.92 Å². The zero-order valence-corrected chi connectivity index (χ0v) is 10.6. The van der Waals surface area contributed by atoms with Gasteiger partial charge in [-0.2, -0.15) is 4.98 Å².